The van der Waals surface area contributed by atoms with E-state index in [0.29, 0.717) is 5.69 Å². The van der Waals surface area contributed by atoms with Crippen molar-refractivity contribution >= 4 is 29.5 Å². The van der Waals surface area contributed by atoms with Crippen molar-refractivity contribution in [3.8, 4) is 0 Å². The zero-order valence-corrected chi connectivity index (χ0v) is 17.1. The predicted molar refractivity (Wildman–Crippen MR) is 113 cm³/mol. The zero-order valence-electron chi connectivity index (χ0n) is 17.1. The molecule has 0 saturated heterocycles. The second-order valence-electron chi connectivity index (χ2n) is 7.57. The van der Waals surface area contributed by atoms with E-state index in [1.807, 2.05) is 57.2 Å². The summed E-state index contributed by atoms with van der Waals surface area (Å²) in [6, 6.07) is 16.5. The summed E-state index contributed by atoms with van der Waals surface area (Å²) in [5.74, 6) is -1.66. The van der Waals surface area contributed by atoms with E-state index in [4.69, 9.17) is 4.74 Å². The number of para-hydroxylation sites is 1. The fourth-order valence-electron chi connectivity index (χ4n) is 2.69. The van der Waals surface area contributed by atoms with Crippen LogP contribution in [0.2, 0.25) is 0 Å². The van der Waals surface area contributed by atoms with Gasteiger partial charge in [-0.25, -0.2) is 4.79 Å². The Labute approximate surface area is 171 Å². The molecular weight excluding hydrogens is 368 g/mol. The molecule has 2 N–H and O–H groups in total. The molecular formula is C23H26N2O4. The lowest BCUT2D eigenvalue weighted by molar-refractivity contribution is -0.144. The lowest BCUT2D eigenvalue weighted by atomic mass is 9.86. The molecule has 6 nitrogen and oxygen atoms in total. The number of esters is 1. The van der Waals surface area contributed by atoms with Crippen LogP contribution in [0, 0.1) is 0 Å². The minimum absolute atomic E-state index is 0.0356. The summed E-state index contributed by atoms with van der Waals surface area (Å²) in [4.78, 5) is 36.1. The molecule has 0 bridgehead atoms. The third-order valence-electron chi connectivity index (χ3n) is 3.98. The third kappa shape index (κ3) is 6.92. The van der Waals surface area contributed by atoms with Crippen molar-refractivity contribution in [3.05, 3.63) is 71.4 Å². The first-order valence-corrected chi connectivity index (χ1v) is 9.27. The molecule has 29 heavy (non-hydrogen) atoms. The molecule has 0 atom stereocenters. The highest BCUT2D eigenvalue weighted by Crippen LogP contribution is 2.29. The molecule has 6 heteroatoms. The van der Waals surface area contributed by atoms with E-state index in [2.05, 4.69) is 10.6 Å². The number of ether oxygens (including phenoxy) is 1. The van der Waals surface area contributed by atoms with Gasteiger partial charge < -0.3 is 15.4 Å². The monoisotopic (exact) mass is 394 g/mol. The molecule has 2 rings (SSSR count). The highest BCUT2D eigenvalue weighted by Gasteiger charge is 2.19. The van der Waals surface area contributed by atoms with Gasteiger partial charge in [-0.05, 0) is 28.7 Å². The zero-order chi connectivity index (χ0) is 21.4. The molecule has 2 aromatic carbocycles. The molecule has 152 valence electrons. The molecule has 0 fully saturated rings. The Hall–Kier alpha value is -3.41. The average molecular weight is 394 g/mol. The molecule has 0 aliphatic carbocycles. The lowest BCUT2D eigenvalue weighted by Crippen LogP contribution is -2.29. The number of benzene rings is 2. The second-order valence-corrected chi connectivity index (χ2v) is 7.57. The van der Waals surface area contributed by atoms with Gasteiger partial charge in [-0.1, -0.05) is 69.3 Å². The second kappa shape index (κ2) is 9.68. The van der Waals surface area contributed by atoms with Gasteiger partial charge >= 0.3 is 5.97 Å². The van der Waals surface area contributed by atoms with Gasteiger partial charge in [-0.15, -0.1) is 0 Å². The van der Waals surface area contributed by atoms with Gasteiger partial charge in [-0.2, -0.15) is 0 Å². The van der Waals surface area contributed by atoms with Crippen LogP contribution in [0.15, 0.2) is 60.3 Å². The summed E-state index contributed by atoms with van der Waals surface area (Å²) in [6.45, 7) is 6.97. The van der Waals surface area contributed by atoms with Crippen molar-refractivity contribution in [1.29, 1.82) is 0 Å². The number of hydrogen-bond acceptors (Lipinski definition) is 4. The normalized spacial score (nSPS) is 11.5. The van der Waals surface area contributed by atoms with Crippen LogP contribution >= 0.6 is 0 Å². The van der Waals surface area contributed by atoms with E-state index < -0.39 is 24.4 Å². The first kappa shape index (κ1) is 21.9. The molecule has 0 unspecified atom stereocenters. The summed E-state index contributed by atoms with van der Waals surface area (Å²) in [5.41, 5.74) is 2.17. The summed E-state index contributed by atoms with van der Waals surface area (Å²) in [5, 5.41) is 5.23. The van der Waals surface area contributed by atoms with Crippen LogP contribution in [0.1, 0.15) is 38.8 Å². The summed E-state index contributed by atoms with van der Waals surface area (Å²) >= 11 is 0. The number of rotatable bonds is 6. The van der Waals surface area contributed by atoms with Crippen LogP contribution in [-0.2, 0) is 24.5 Å². The van der Waals surface area contributed by atoms with E-state index in [1.165, 1.54) is 13.0 Å². The van der Waals surface area contributed by atoms with Gasteiger partial charge in [0.15, 0.2) is 6.61 Å². The number of anilines is 1. The number of hydrogen-bond donors (Lipinski definition) is 2. The van der Waals surface area contributed by atoms with Crippen molar-refractivity contribution in [2.24, 2.45) is 0 Å². The van der Waals surface area contributed by atoms with Crippen molar-refractivity contribution < 1.29 is 19.1 Å². The highest BCUT2D eigenvalue weighted by molar-refractivity contribution is 5.99. The van der Waals surface area contributed by atoms with Crippen LogP contribution in [0.25, 0.3) is 6.08 Å². The molecule has 2 amide bonds. The fourth-order valence-corrected chi connectivity index (χ4v) is 2.69. The van der Waals surface area contributed by atoms with Crippen molar-refractivity contribution in [3.63, 3.8) is 0 Å². The Morgan fingerprint density at radius 2 is 1.59 bits per heavy atom. The molecule has 0 saturated carbocycles. The third-order valence-corrected chi connectivity index (χ3v) is 3.98. The molecule has 0 aromatic heterocycles. The Bertz CT molecular complexity index is 912. The molecule has 0 aliphatic heterocycles. The average Bonchev–Trinajstić information content (AvgIpc) is 2.65. The van der Waals surface area contributed by atoms with Crippen LogP contribution < -0.4 is 10.6 Å². The summed E-state index contributed by atoms with van der Waals surface area (Å²) in [6.07, 6.45) is 1.50. The van der Waals surface area contributed by atoms with Crippen molar-refractivity contribution in [2.45, 2.75) is 33.1 Å². The maximum atomic E-state index is 12.4. The highest BCUT2D eigenvalue weighted by atomic mass is 16.5. The first-order chi connectivity index (χ1) is 13.7. The molecule has 2 aromatic rings. The fraction of sp³-hybridized carbons (Fsp3) is 0.261. The van der Waals surface area contributed by atoms with Gasteiger partial charge in [-0.3, -0.25) is 9.59 Å². The van der Waals surface area contributed by atoms with E-state index >= 15 is 0 Å². The Kier molecular flexibility index (Phi) is 7.31. The molecule has 0 radical (unpaired) electrons. The minimum Gasteiger partial charge on any atom is -0.451 e. The van der Waals surface area contributed by atoms with Crippen molar-refractivity contribution in [1.82, 2.24) is 5.32 Å². The standard InChI is InChI=1S/C23H26N2O4/c1-16(26)24-20(14-17-10-6-5-7-11-17)22(28)29-15-21(27)25-19-13-9-8-12-18(19)23(2,3)4/h5-14H,15H2,1-4H3,(H,24,26)(H,25,27)/b20-14+. The predicted octanol–water partition coefficient (Wildman–Crippen LogP) is 3.64. The Balaban J connectivity index is 2.06. The van der Waals surface area contributed by atoms with Crippen LogP contribution in [0.4, 0.5) is 5.69 Å². The minimum atomic E-state index is -0.789. The number of carbonyl (C=O) groups is 3. The Morgan fingerprint density at radius 1 is 0.966 bits per heavy atom. The number of amides is 2. The van der Waals surface area contributed by atoms with Gasteiger partial charge in [0, 0.05) is 12.6 Å². The van der Waals surface area contributed by atoms with Gasteiger partial charge in [0.2, 0.25) is 5.91 Å². The molecule has 0 heterocycles. The smallest absolute Gasteiger partial charge is 0.355 e. The Morgan fingerprint density at radius 3 is 2.21 bits per heavy atom. The lowest BCUT2D eigenvalue weighted by Gasteiger charge is -2.23. The van der Waals surface area contributed by atoms with E-state index in [1.54, 1.807) is 18.2 Å². The van der Waals surface area contributed by atoms with Gasteiger partial charge in [0.25, 0.3) is 5.91 Å². The quantitative estimate of drug-likeness (QED) is 0.579. The number of carbonyl (C=O) groups excluding carboxylic acids is 3. The maximum absolute atomic E-state index is 12.4. The molecule has 0 aliphatic rings. The summed E-state index contributed by atoms with van der Waals surface area (Å²) in [7, 11) is 0. The van der Waals surface area contributed by atoms with E-state index in [-0.39, 0.29) is 11.1 Å². The van der Waals surface area contributed by atoms with Crippen LogP contribution in [-0.4, -0.2) is 24.4 Å². The SMILES string of the molecule is CC(=O)N/C(=C/c1ccccc1)C(=O)OCC(=O)Nc1ccccc1C(C)(C)C. The summed E-state index contributed by atoms with van der Waals surface area (Å²) < 4.78 is 5.10. The molecule has 0 spiro atoms. The van der Waals surface area contributed by atoms with Crippen LogP contribution in [0.5, 0.6) is 0 Å². The first-order valence-electron chi connectivity index (χ1n) is 9.27. The van der Waals surface area contributed by atoms with E-state index in [0.717, 1.165) is 11.1 Å². The topological polar surface area (TPSA) is 84.5 Å². The largest absolute Gasteiger partial charge is 0.451 e. The number of nitrogens with one attached hydrogen (secondary N) is 2. The van der Waals surface area contributed by atoms with Crippen molar-refractivity contribution in [2.75, 3.05) is 11.9 Å². The maximum Gasteiger partial charge on any atom is 0.355 e. The van der Waals surface area contributed by atoms with Gasteiger partial charge in [0.1, 0.15) is 5.70 Å². The van der Waals surface area contributed by atoms with E-state index in [9.17, 15) is 14.4 Å². The van der Waals surface area contributed by atoms with Gasteiger partial charge in [0.05, 0.1) is 0 Å². The van der Waals surface area contributed by atoms with Crippen LogP contribution in [0.3, 0.4) is 0 Å².